The molecule has 2 heterocycles. The molecule has 5 nitrogen and oxygen atoms in total. The van der Waals surface area contributed by atoms with Crippen LogP contribution in [0.1, 0.15) is 10.5 Å². The zero-order valence-electron chi connectivity index (χ0n) is 6.97. The molecule has 0 fully saturated rings. The lowest BCUT2D eigenvalue weighted by atomic mass is 10.5. The minimum absolute atomic E-state index is 0.452. The van der Waals surface area contributed by atoms with E-state index in [1.807, 2.05) is 0 Å². The molecular formula is C8H7N3O2. The van der Waals surface area contributed by atoms with E-state index in [-0.39, 0.29) is 0 Å². The van der Waals surface area contributed by atoms with Gasteiger partial charge in [-0.3, -0.25) is 9.20 Å². The summed E-state index contributed by atoms with van der Waals surface area (Å²) in [6.07, 6.45) is 5.39. The van der Waals surface area contributed by atoms with E-state index in [0.29, 0.717) is 17.2 Å². The summed E-state index contributed by atoms with van der Waals surface area (Å²) in [6.45, 7) is 0. The van der Waals surface area contributed by atoms with Crippen molar-refractivity contribution < 1.29 is 9.53 Å². The number of hydrogen-bond donors (Lipinski definition) is 0. The van der Waals surface area contributed by atoms with Crippen LogP contribution in [0.25, 0.3) is 5.65 Å². The number of aromatic nitrogens is 3. The smallest absolute Gasteiger partial charge is 0.230 e. The number of ether oxygens (including phenoxy) is 1. The van der Waals surface area contributed by atoms with E-state index in [9.17, 15) is 4.79 Å². The van der Waals surface area contributed by atoms with Crippen LogP contribution in [0.2, 0.25) is 0 Å². The van der Waals surface area contributed by atoms with Crippen molar-refractivity contribution in [3.63, 3.8) is 0 Å². The van der Waals surface area contributed by atoms with Crippen molar-refractivity contribution >= 4 is 11.9 Å². The van der Waals surface area contributed by atoms with Gasteiger partial charge < -0.3 is 4.74 Å². The third kappa shape index (κ3) is 1.14. The maximum atomic E-state index is 10.6. The second-order valence-electron chi connectivity index (χ2n) is 2.46. The van der Waals surface area contributed by atoms with Crippen molar-refractivity contribution in [1.82, 2.24) is 14.4 Å². The van der Waals surface area contributed by atoms with Crippen molar-refractivity contribution in [1.29, 1.82) is 0 Å². The number of aldehydes is 1. The number of methoxy groups -OCH3 is 1. The normalized spacial score (nSPS) is 10.2. The predicted molar refractivity (Wildman–Crippen MR) is 44.9 cm³/mol. The zero-order valence-corrected chi connectivity index (χ0v) is 6.97. The summed E-state index contributed by atoms with van der Waals surface area (Å²) in [6, 6.07) is 0. The molecule has 0 saturated heterocycles. The topological polar surface area (TPSA) is 56.5 Å². The summed E-state index contributed by atoms with van der Waals surface area (Å²) in [5.74, 6) is 0.452. The van der Waals surface area contributed by atoms with Gasteiger partial charge in [-0.1, -0.05) is 0 Å². The number of fused-ring (bicyclic) bond motifs is 1. The SMILES string of the molecule is COc1cn2c(C=O)cnc2cn1. The van der Waals surface area contributed by atoms with Crippen molar-refractivity contribution in [2.24, 2.45) is 0 Å². The number of rotatable bonds is 2. The van der Waals surface area contributed by atoms with Gasteiger partial charge >= 0.3 is 0 Å². The Morgan fingerprint density at radius 2 is 2.31 bits per heavy atom. The van der Waals surface area contributed by atoms with Crippen molar-refractivity contribution in [2.45, 2.75) is 0 Å². The Morgan fingerprint density at radius 3 is 3.00 bits per heavy atom. The van der Waals surface area contributed by atoms with Crippen LogP contribution in [0.3, 0.4) is 0 Å². The lowest BCUT2D eigenvalue weighted by Gasteiger charge is -1.99. The summed E-state index contributed by atoms with van der Waals surface area (Å²) in [5.41, 5.74) is 1.11. The number of nitrogens with zero attached hydrogens (tertiary/aromatic N) is 3. The molecule has 2 aromatic heterocycles. The van der Waals surface area contributed by atoms with Crippen LogP contribution in [-0.4, -0.2) is 27.8 Å². The van der Waals surface area contributed by atoms with Crippen LogP contribution >= 0.6 is 0 Å². The number of imidazole rings is 1. The summed E-state index contributed by atoms with van der Waals surface area (Å²) in [7, 11) is 1.52. The summed E-state index contributed by atoms with van der Waals surface area (Å²) < 4.78 is 6.54. The average Bonchev–Trinajstić information content (AvgIpc) is 2.59. The van der Waals surface area contributed by atoms with Crippen molar-refractivity contribution in [2.75, 3.05) is 7.11 Å². The summed E-state index contributed by atoms with van der Waals surface area (Å²) in [5, 5.41) is 0. The first kappa shape index (κ1) is 7.72. The predicted octanol–water partition coefficient (Wildman–Crippen LogP) is 0.550. The second-order valence-corrected chi connectivity index (χ2v) is 2.46. The molecule has 0 aliphatic heterocycles. The van der Waals surface area contributed by atoms with Gasteiger partial charge in [-0.15, -0.1) is 0 Å². The fourth-order valence-electron chi connectivity index (χ4n) is 1.08. The summed E-state index contributed by atoms with van der Waals surface area (Å²) in [4.78, 5) is 18.5. The maximum absolute atomic E-state index is 10.6. The molecule has 0 aliphatic carbocycles. The van der Waals surface area contributed by atoms with Gasteiger partial charge in [0.05, 0.1) is 25.7 Å². The molecule has 0 bridgehead atoms. The molecule has 13 heavy (non-hydrogen) atoms. The molecule has 2 rings (SSSR count). The van der Waals surface area contributed by atoms with Crippen LogP contribution in [0, 0.1) is 0 Å². The highest BCUT2D eigenvalue weighted by Gasteiger charge is 2.03. The van der Waals surface area contributed by atoms with Gasteiger partial charge in [0.1, 0.15) is 5.69 Å². The largest absolute Gasteiger partial charge is 0.480 e. The quantitative estimate of drug-likeness (QED) is 0.628. The molecule has 0 aromatic carbocycles. The van der Waals surface area contributed by atoms with Crippen LogP contribution in [0.4, 0.5) is 0 Å². The van der Waals surface area contributed by atoms with Crippen molar-refractivity contribution in [3.05, 3.63) is 24.3 Å². The molecule has 0 aliphatic rings. The van der Waals surface area contributed by atoms with E-state index >= 15 is 0 Å². The third-order valence-corrected chi connectivity index (χ3v) is 1.73. The molecular weight excluding hydrogens is 170 g/mol. The minimum atomic E-state index is 0.452. The van der Waals surface area contributed by atoms with Crippen LogP contribution < -0.4 is 4.74 Å². The molecule has 0 unspecified atom stereocenters. The minimum Gasteiger partial charge on any atom is -0.480 e. The third-order valence-electron chi connectivity index (χ3n) is 1.73. The highest BCUT2D eigenvalue weighted by atomic mass is 16.5. The van der Waals surface area contributed by atoms with Crippen molar-refractivity contribution in [3.8, 4) is 5.88 Å². The Hall–Kier alpha value is -1.91. The van der Waals surface area contributed by atoms with Crippen LogP contribution in [0.15, 0.2) is 18.6 Å². The summed E-state index contributed by atoms with van der Waals surface area (Å²) >= 11 is 0. The molecule has 66 valence electrons. The molecule has 0 saturated carbocycles. The lowest BCUT2D eigenvalue weighted by molar-refractivity contribution is 0.111. The highest BCUT2D eigenvalue weighted by Crippen LogP contribution is 2.09. The van der Waals surface area contributed by atoms with Gasteiger partial charge in [0, 0.05) is 0 Å². The first-order chi connectivity index (χ1) is 6.35. The van der Waals surface area contributed by atoms with E-state index in [4.69, 9.17) is 4.74 Å². The van der Waals surface area contributed by atoms with E-state index in [0.717, 1.165) is 6.29 Å². The maximum Gasteiger partial charge on any atom is 0.230 e. The Kier molecular flexibility index (Phi) is 1.70. The monoisotopic (exact) mass is 177 g/mol. The Balaban J connectivity index is 2.71. The molecule has 0 atom stereocenters. The first-order valence-electron chi connectivity index (χ1n) is 3.67. The second kappa shape index (κ2) is 2.85. The van der Waals surface area contributed by atoms with E-state index in [1.165, 1.54) is 13.3 Å². The van der Waals surface area contributed by atoms with Gasteiger partial charge in [-0.25, -0.2) is 9.97 Å². The van der Waals surface area contributed by atoms with E-state index in [1.54, 1.807) is 16.8 Å². The highest BCUT2D eigenvalue weighted by molar-refractivity contribution is 5.73. The molecule has 0 spiro atoms. The van der Waals surface area contributed by atoms with E-state index in [2.05, 4.69) is 9.97 Å². The Bertz CT molecular complexity index is 450. The van der Waals surface area contributed by atoms with Gasteiger partial charge in [-0.2, -0.15) is 0 Å². The first-order valence-corrected chi connectivity index (χ1v) is 3.67. The molecule has 5 heteroatoms. The molecule has 0 radical (unpaired) electrons. The van der Waals surface area contributed by atoms with Gasteiger partial charge in [-0.05, 0) is 0 Å². The molecule has 0 amide bonds. The molecule has 0 N–H and O–H groups in total. The number of hydrogen-bond acceptors (Lipinski definition) is 4. The lowest BCUT2D eigenvalue weighted by Crippen LogP contribution is -1.94. The van der Waals surface area contributed by atoms with Crippen LogP contribution in [0.5, 0.6) is 5.88 Å². The van der Waals surface area contributed by atoms with Gasteiger partial charge in [0.15, 0.2) is 11.9 Å². The van der Waals surface area contributed by atoms with Gasteiger partial charge in [0.2, 0.25) is 5.88 Å². The fraction of sp³-hybridized carbons (Fsp3) is 0.125. The molecule has 2 aromatic rings. The average molecular weight is 177 g/mol. The zero-order chi connectivity index (χ0) is 9.26. The fourth-order valence-corrected chi connectivity index (χ4v) is 1.08. The standard InChI is InChI=1S/C8H7N3O2/c1-13-8-4-11-6(5-12)2-9-7(11)3-10-8/h2-5H,1H3. The number of carbonyl (C=O) groups is 1. The Labute approximate surface area is 74.0 Å². The number of carbonyl (C=O) groups excluding carboxylic acids is 1. The van der Waals surface area contributed by atoms with E-state index < -0.39 is 0 Å². The van der Waals surface area contributed by atoms with Gasteiger partial charge in [0.25, 0.3) is 0 Å². The Morgan fingerprint density at radius 1 is 1.46 bits per heavy atom. The van der Waals surface area contributed by atoms with Crippen LogP contribution in [-0.2, 0) is 0 Å².